The number of ether oxygens (including phenoxy) is 2. The molecule has 2 atom stereocenters. The first-order valence-corrected chi connectivity index (χ1v) is 5.41. The third-order valence-corrected chi connectivity index (χ3v) is 3.42. The zero-order chi connectivity index (χ0) is 11.1. The van der Waals surface area contributed by atoms with E-state index in [9.17, 15) is 4.79 Å². The van der Waals surface area contributed by atoms with Gasteiger partial charge in [-0.05, 0) is 19.1 Å². The quantitative estimate of drug-likeness (QED) is 0.717. The number of halogens is 2. The molecule has 5 heteroatoms. The van der Waals surface area contributed by atoms with Crippen molar-refractivity contribution in [3.05, 3.63) is 22.2 Å². The number of Topliss-reactive ketones (excluding diaryl/α,β-unsaturated/α-hetero) is 1. The average molecular weight is 249 g/mol. The largest absolute Gasteiger partial charge is 0.378 e. The van der Waals surface area contributed by atoms with Crippen LogP contribution in [0.4, 0.5) is 0 Å². The summed E-state index contributed by atoms with van der Waals surface area (Å²) in [7, 11) is 0. The first-order valence-electron chi connectivity index (χ1n) is 4.65. The summed E-state index contributed by atoms with van der Waals surface area (Å²) < 4.78 is 10.8. The fraction of sp³-hybridized carbons (Fsp3) is 0.500. The third kappa shape index (κ3) is 1.64. The predicted molar refractivity (Wildman–Crippen MR) is 57.0 cm³/mol. The van der Waals surface area contributed by atoms with Gasteiger partial charge in [0.2, 0.25) is 5.78 Å². The average Bonchev–Trinajstić information content (AvgIpc) is 2.65. The highest BCUT2D eigenvalue weighted by Gasteiger charge is 2.48. The van der Waals surface area contributed by atoms with Crippen LogP contribution < -0.4 is 0 Å². The number of carbonyl (C=O) groups is 1. The standard InChI is InChI=1S/C10H10Cl2O3/c1-2-14-5-10-4-3-6(15-10)8(13)7(11)9(10)12/h3-4,6H,2,5H2,1H3/t6-,10-/m0/s1. The Hall–Kier alpha value is -0.350. The van der Waals surface area contributed by atoms with Crippen LogP contribution in [0.5, 0.6) is 0 Å². The van der Waals surface area contributed by atoms with Crippen LogP contribution in [-0.4, -0.2) is 30.7 Å². The van der Waals surface area contributed by atoms with Crippen LogP contribution in [0.1, 0.15) is 6.92 Å². The predicted octanol–water partition coefficient (Wildman–Crippen LogP) is 1.99. The minimum Gasteiger partial charge on any atom is -0.378 e. The van der Waals surface area contributed by atoms with Crippen LogP contribution in [0.2, 0.25) is 0 Å². The second-order valence-electron chi connectivity index (χ2n) is 3.42. The lowest BCUT2D eigenvalue weighted by Crippen LogP contribution is -2.42. The molecule has 82 valence electrons. The summed E-state index contributed by atoms with van der Waals surface area (Å²) in [6.07, 6.45) is 2.79. The van der Waals surface area contributed by atoms with Gasteiger partial charge < -0.3 is 9.47 Å². The van der Waals surface area contributed by atoms with Crippen molar-refractivity contribution < 1.29 is 14.3 Å². The summed E-state index contributed by atoms with van der Waals surface area (Å²) in [4.78, 5) is 11.5. The first kappa shape index (κ1) is 11.1. The van der Waals surface area contributed by atoms with E-state index in [-0.39, 0.29) is 22.5 Å². The molecule has 0 unspecified atom stereocenters. The maximum Gasteiger partial charge on any atom is 0.208 e. The third-order valence-electron chi connectivity index (χ3n) is 2.44. The molecule has 2 aliphatic rings. The summed E-state index contributed by atoms with van der Waals surface area (Å²) in [6, 6.07) is 0. The normalized spacial score (nSPS) is 34.1. The zero-order valence-corrected chi connectivity index (χ0v) is 9.64. The molecule has 2 bridgehead atoms. The maximum atomic E-state index is 11.5. The van der Waals surface area contributed by atoms with Crippen LogP contribution in [-0.2, 0) is 14.3 Å². The van der Waals surface area contributed by atoms with Gasteiger partial charge in [-0.25, -0.2) is 0 Å². The Kier molecular flexibility index (Phi) is 2.90. The van der Waals surface area contributed by atoms with Gasteiger partial charge in [-0.15, -0.1) is 0 Å². The molecular formula is C10H10Cl2O3. The molecule has 0 aromatic heterocycles. The molecule has 0 radical (unpaired) electrons. The molecule has 15 heavy (non-hydrogen) atoms. The van der Waals surface area contributed by atoms with Gasteiger partial charge in [-0.2, -0.15) is 0 Å². The Morgan fingerprint density at radius 2 is 2.33 bits per heavy atom. The Labute approximate surface area is 97.6 Å². The summed E-state index contributed by atoms with van der Waals surface area (Å²) in [5.74, 6) is -0.289. The molecule has 0 spiro atoms. The van der Waals surface area contributed by atoms with Crippen molar-refractivity contribution in [3.8, 4) is 0 Å². The smallest absolute Gasteiger partial charge is 0.208 e. The fourth-order valence-corrected chi connectivity index (χ4v) is 2.15. The van der Waals surface area contributed by atoms with E-state index in [0.29, 0.717) is 6.61 Å². The Morgan fingerprint density at radius 1 is 1.60 bits per heavy atom. The van der Waals surface area contributed by atoms with Crippen molar-refractivity contribution in [1.82, 2.24) is 0 Å². The van der Waals surface area contributed by atoms with Crippen molar-refractivity contribution in [2.75, 3.05) is 13.2 Å². The second-order valence-corrected chi connectivity index (χ2v) is 4.17. The number of ketones is 1. The summed E-state index contributed by atoms with van der Waals surface area (Å²) in [5.41, 5.74) is -0.854. The van der Waals surface area contributed by atoms with E-state index in [4.69, 9.17) is 32.7 Å². The van der Waals surface area contributed by atoms with Crippen molar-refractivity contribution in [3.63, 3.8) is 0 Å². The van der Waals surface area contributed by atoms with Crippen molar-refractivity contribution in [2.45, 2.75) is 18.6 Å². The second kappa shape index (κ2) is 3.91. The molecule has 2 aliphatic heterocycles. The molecule has 0 saturated carbocycles. The van der Waals surface area contributed by atoms with Gasteiger partial charge in [-0.1, -0.05) is 23.2 Å². The molecule has 0 amide bonds. The van der Waals surface area contributed by atoms with Gasteiger partial charge in [-0.3, -0.25) is 4.79 Å². The highest BCUT2D eigenvalue weighted by atomic mass is 35.5. The molecule has 0 saturated heterocycles. The first-order chi connectivity index (χ1) is 7.10. The highest BCUT2D eigenvalue weighted by molar-refractivity contribution is 6.50. The lowest BCUT2D eigenvalue weighted by atomic mass is 10.0. The van der Waals surface area contributed by atoms with E-state index < -0.39 is 11.7 Å². The SMILES string of the molecule is CCOC[C@]12C=C[C@H](O1)C(=O)C(Cl)=C2Cl. The molecule has 3 nitrogen and oxygen atoms in total. The van der Waals surface area contributed by atoms with Gasteiger partial charge >= 0.3 is 0 Å². The molecule has 0 aliphatic carbocycles. The minimum atomic E-state index is -0.854. The number of hydrogen-bond donors (Lipinski definition) is 0. The van der Waals surface area contributed by atoms with E-state index in [2.05, 4.69) is 0 Å². The Bertz CT molecular complexity index is 362. The molecule has 0 aromatic rings. The molecule has 0 aromatic carbocycles. The highest BCUT2D eigenvalue weighted by Crippen LogP contribution is 2.42. The zero-order valence-electron chi connectivity index (χ0n) is 8.13. The fourth-order valence-electron chi connectivity index (χ4n) is 1.63. The number of rotatable bonds is 3. The van der Waals surface area contributed by atoms with E-state index in [1.807, 2.05) is 6.92 Å². The summed E-state index contributed by atoms with van der Waals surface area (Å²) in [6.45, 7) is 2.71. The van der Waals surface area contributed by atoms with Gasteiger partial charge in [0.25, 0.3) is 0 Å². The van der Waals surface area contributed by atoms with E-state index in [1.54, 1.807) is 12.2 Å². The molecule has 2 rings (SSSR count). The molecule has 0 N–H and O–H groups in total. The monoisotopic (exact) mass is 248 g/mol. The summed E-state index contributed by atoms with van der Waals surface area (Å²) in [5, 5.41) is 0.269. The number of hydrogen-bond acceptors (Lipinski definition) is 3. The van der Waals surface area contributed by atoms with E-state index in [0.717, 1.165) is 0 Å². The lowest BCUT2D eigenvalue weighted by Gasteiger charge is -2.32. The van der Waals surface area contributed by atoms with Crippen molar-refractivity contribution in [1.29, 1.82) is 0 Å². The van der Waals surface area contributed by atoms with Crippen LogP contribution >= 0.6 is 23.2 Å². The minimum absolute atomic E-state index is 0.0534. The molecular weight excluding hydrogens is 239 g/mol. The van der Waals surface area contributed by atoms with Crippen molar-refractivity contribution in [2.24, 2.45) is 0 Å². The van der Waals surface area contributed by atoms with Crippen LogP contribution in [0, 0.1) is 0 Å². The molecule has 2 heterocycles. The lowest BCUT2D eigenvalue weighted by molar-refractivity contribution is -0.132. The maximum absolute atomic E-state index is 11.5. The summed E-state index contributed by atoms with van der Waals surface area (Å²) >= 11 is 11.9. The van der Waals surface area contributed by atoms with E-state index >= 15 is 0 Å². The Morgan fingerprint density at radius 3 is 3.00 bits per heavy atom. The Balaban J connectivity index is 2.33. The number of carbonyl (C=O) groups excluding carboxylic acids is 1. The van der Waals surface area contributed by atoms with Crippen molar-refractivity contribution >= 4 is 29.0 Å². The topological polar surface area (TPSA) is 35.5 Å². The van der Waals surface area contributed by atoms with Crippen LogP contribution in [0.15, 0.2) is 22.2 Å². The van der Waals surface area contributed by atoms with Gasteiger partial charge in [0.05, 0.1) is 11.6 Å². The van der Waals surface area contributed by atoms with Gasteiger partial charge in [0, 0.05) is 6.61 Å². The van der Waals surface area contributed by atoms with E-state index in [1.165, 1.54) is 0 Å². The van der Waals surface area contributed by atoms with Crippen LogP contribution in [0.3, 0.4) is 0 Å². The van der Waals surface area contributed by atoms with Gasteiger partial charge in [0.15, 0.2) is 0 Å². The van der Waals surface area contributed by atoms with Crippen LogP contribution in [0.25, 0.3) is 0 Å². The molecule has 0 fully saturated rings. The van der Waals surface area contributed by atoms with Gasteiger partial charge in [0.1, 0.15) is 16.7 Å². The number of fused-ring (bicyclic) bond motifs is 2.